The van der Waals surface area contributed by atoms with Gasteiger partial charge in [0.15, 0.2) is 5.82 Å². The van der Waals surface area contributed by atoms with E-state index in [1.165, 1.54) is 12.0 Å². The molecule has 2 saturated heterocycles. The summed E-state index contributed by atoms with van der Waals surface area (Å²) in [6.45, 7) is 10.4. The van der Waals surface area contributed by atoms with E-state index in [0.29, 0.717) is 5.92 Å². The highest BCUT2D eigenvalue weighted by Crippen LogP contribution is 2.44. The molecule has 2 aliphatic heterocycles. The van der Waals surface area contributed by atoms with Gasteiger partial charge in [-0.3, -0.25) is 9.88 Å². The van der Waals surface area contributed by atoms with E-state index in [4.69, 9.17) is 4.52 Å². The Kier molecular flexibility index (Phi) is 4.10. The molecular formula is C18H25N5O. The van der Waals surface area contributed by atoms with Gasteiger partial charge in [-0.25, -0.2) is 0 Å². The van der Waals surface area contributed by atoms with Gasteiger partial charge in [0.2, 0.25) is 5.89 Å². The molecule has 0 amide bonds. The van der Waals surface area contributed by atoms with Crippen LogP contribution in [0.25, 0.3) is 0 Å². The summed E-state index contributed by atoms with van der Waals surface area (Å²) in [7, 11) is 0. The van der Waals surface area contributed by atoms with E-state index in [-0.39, 0.29) is 5.41 Å². The zero-order chi connectivity index (χ0) is 16.6. The lowest BCUT2D eigenvalue weighted by atomic mass is 9.73. The molecule has 4 heterocycles. The third-order valence-electron chi connectivity index (χ3n) is 5.60. The first kappa shape index (κ1) is 15.7. The Morgan fingerprint density at radius 3 is 2.92 bits per heavy atom. The van der Waals surface area contributed by atoms with Crippen LogP contribution in [0, 0.1) is 12.8 Å². The fraction of sp³-hybridized carbons (Fsp3) is 0.611. The summed E-state index contributed by atoms with van der Waals surface area (Å²) < 4.78 is 5.67. The lowest BCUT2D eigenvalue weighted by Gasteiger charge is -2.41. The van der Waals surface area contributed by atoms with Gasteiger partial charge in [-0.2, -0.15) is 4.98 Å². The first-order valence-corrected chi connectivity index (χ1v) is 8.84. The number of pyridine rings is 1. The molecule has 2 aliphatic rings. The predicted molar refractivity (Wildman–Crippen MR) is 90.4 cm³/mol. The van der Waals surface area contributed by atoms with E-state index in [1.807, 2.05) is 25.4 Å². The maximum Gasteiger partial charge on any atom is 0.235 e. The maximum atomic E-state index is 5.67. The molecule has 2 aromatic rings. The molecule has 24 heavy (non-hydrogen) atoms. The minimum Gasteiger partial charge on any atom is -0.339 e. The minimum absolute atomic E-state index is 0.0300. The van der Waals surface area contributed by atoms with Crippen LogP contribution >= 0.6 is 0 Å². The predicted octanol–water partition coefficient (Wildman–Crippen LogP) is 1.87. The number of nitrogens with zero attached hydrogens (tertiary/aromatic N) is 5. The highest BCUT2D eigenvalue weighted by atomic mass is 16.5. The number of rotatable bonds is 4. The van der Waals surface area contributed by atoms with Gasteiger partial charge in [0.25, 0.3) is 0 Å². The van der Waals surface area contributed by atoms with Crippen molar-refractivity contribution in [2.45, 2.75) is 32.2 Å². The highest BCUT2D eigenvalue weighted by Gasteiger charge is 2.53. The third-order valence-corrected chi connectivity index (χ3v) is 5.60. The van der Waals surface area contributed by atoms with Crippen LogP contribution in [-0.2, 0) is 12.0 Å². The topological polar surface area (TPSA) is 58.3 Å². The number of piperidine rings is 1. The van der Waals surface area contributed by atoms with Crippen LogP contribution in [0.5, 0.6) is 0 Å². The smallest absolute Gasteiger partial charge is 0.235 e. The molecule has 2 atom stereocenters. The van der Waals surface area contributed by atoms with Gasteiger partial charge < -0.3 is 9.42 Å². The van der Waals surface area contributed by atoms with Crippen LogP contribution in [-0.4, -0.2) is 57.6 Å². The van der Waals surface area contributed by atoms with Crippen molar-refractivity contribution in [1.29, 1.82) is 0 Å². The van der Waals surface area contributed by atoms with Crippen LogP contribution in [0.1, 0.15) is 30.6 Å². The molecule has 0 bridgehead atoms. The second-order valence-electron chi connectivity index (χ2n) is 7.19. The summed E-state index contributed by atoms with van der Waals surface area (Å²) in [6, 6.07) is 4.16. The van der Waals surface area contributed by atoms with E-state index in [2.05, 4.69) is 37.9 Å². The van der Waals surface area contributed by atoms with Crippen LogP contribution < -0.4 is 0 Å². The number of aromatic nitrogens is 3. The largest absolute Gasteiger partial charge is 0.339 e. The summed E-state index contributed by atoms with van der Waals surface area (Å²) >= 11 is 0. The lowest BCUT2D eigenvalue weighted by molar-refractivity contribution is 0.0878. The number of fused-ring (bicyclic) bond motifs is 1. The van der Waals surface area contributed by atoms with Crippen molar-refractivity contribution in [2.75, 3.05) is 32.7 Å². The summed E-state index contributed by atoms with van der Waals surface area (Å²) in [4.78, 5) is 13.9. The minimum atomic E-state index is -0.0300. The standard InChI is InChI=1S/C18H25N5O/c1-3-22-11-16-6-8-23(10-15-5-4-7-19-9-15)13-18(16,12-22)17-20-14(2)21-24-17/h4-5,7,9,16H,3,6,8,10-13H2,1-2H3/t16-,18+/m0/s1. The Hall–Kier alpha value is -1.79. The monoisotopic (exact) mass is 327 g/mol. The zero-order valence-corrected chi connectivity index (χ0v) is 14.5. The average molecular weight is 327 g/mol. The van der Waals surface area contributed by atoms with Gasteiger partial charge in [0, 0.05) is 38.6 Å². The van der Waals surface area contributed by atoms with Crippen molar-refractivity contribution in [3.05, 3.63) is 41.8 Å². The Morgan fingerprint density at radius 1 is 1.33 bits per heavy atom. The maximum absolute atomic E-state index is 5.67. The normalized spacial score (nSPS) is 28.2. The average Bonchev–Trinajstić information content (AvgIpc) is 3.19. The Morgan fingerprint density at radius 2 is 2.21 bits per heavy atom. The van der Waals surface area contributed by atoms with Crippen LogP contribution in [0.4, 0.5) is 0 Å². The number of aryl methyl sites for hydroxylation is 1. The molecule has 2 fully saturated rings. The first-order chi connectivity index (χ1) is 11.7. The van der Waals surface area contributed by atoms with Crippen LogP contribution in [0.15, 0.2) is 29.0 Å². The second kappa shape index (κ2) is 6.26. The molecule has 0 aliphatic carbocycles. The van der Waals surface area contributed by atoms with Crippen molar-refractivity contribution >= 4 is 0 Å². The van der Waals surface area contributed by atoms with Gasteiger partial charge in [-0.15, -0.1) is 0 Å². The molecular weight excluding hydrogens is 302 g/mol. The van der Waals surface area contributed by atoms with Gasteiger partial charge in [0.05, 0.1) is 5.41 Å². The Labute approximate surface area is 142 Å². The third kappa shape index (κ3) is 2.74. The molecule has 6 heteroatoms. The molecule has 128 valence electrons. The summed E-state index contributed by atoms with van der Waals surface area (Å²) in [5, 5.41) is 4.07. The first-order valence-electron chi connectivity index (χ1n) is 8.84. The molecule has 0 aromatic carbocycles. The zero-order valence-electron chi connectivity index (χ0n) is 14.5. The van der Waals surface area contributed by atoms with E-state index < -0.39 is 0 Å². The second-order valence-corrected chi connectivity index (χ2v) is 7.19. The van der Waals surface area contributed by atoms with E-state index in [0.717, 1.165) is 51.0 Å². The van der Waals surface area contributed by atoms with Crippen molar-refractivity contribution in [2.24, 2.45) is 5.92 Å². The van der Waals surface area contributed by atoms with Gasteiger partial charge in [-0.1, -0.05) is 18.1 Å². The molecule has 0 radical (unpaired) electrons. The van der Waals surface area contributed by atoms with Gasteiger partial charge in [0.1, 0.15) is 0 Å². The Bertz CT molecular complexity index is 688. The van der Waals surface area contributed by atoms with E-state index >= 15 is 0 Å². The SMILES string of the molecule is CCN1C[C@@H]2CCN(Cc3cccnc3)C[C@]2(c2nc(C)no2)C1. The molecule has 0 N–H and O–H groups in total. The quantitative estimate of drug-likeness (QED) is 0.854. The summed E-state index contributed by atoms with van der Waals surface area (Å²) in [6.07, 6.45) is 4.97. The molecule has 0 saturated carbocycles. The van der Waals surface area contributed by atoms with Crippen molar-refractivity contribution in [3.63, 3.8) is 0 Å². The number of likely N-dealkylation sites (tertiary alicyclic amines) is 2. The number of hydrogen-bond acceptors (Lipinski definition) is 6. The summed E-state index contributed by atoms with van der Waals surface area (Å²) in [5.74, 6) is 2.16. The molecule has 0 unspecified atom stereocenters. The number of likely N-dealkylation sites (N-methyl/N-ethyl adjacent to an activating group) is 1. The molecule has 2 aromatic heterocycles. The molecule has 0 spiro atoms. The van der Waals surface area contributed by atoms with Crippen molar-refractivity contribution in [1.82, 2.24) is 24.9 Å². The fourth-order valence-corrected chi connectivity index (χ4v) is 4.38. The van der Waals surface area contributed by atoms with Crippen LogP contribution in [0.2, 0.25) is 0 Å². The van der Waals surface area contributed by atoms with Crippen LogP contribution in [0.3, 0.4) is 0 Å². The fourth-order valence-electron chi connectivity index (χ4n) is 4.38. The Balaban J connectivity index is 1.61. The lowest BCUT2D eigenvalue weighted by Crippen LogP contribution is -2.51. The molecule has 6 nitrogen and oxygen atoms in total. The number of hydrogen-bond donors (Lipinski definition) is 0. The van der Waals surface area contributed by atoms with E-state index in [1.54, 1.807) is 0 Å². The molecule has 4 rings (SSSR count). The van der Waals surface area contributed by atoms with Gasteiger partial charge in [-0.05, 0) is 44.0 Å². The highest BCUT2D eigenvalue weighted by molar-refractivity contribution is 5.18. The summed E-state index contributed by atoms with van der Waals surface area (Å²) in [5.41, 5.74) is 1.23. The van der Waals surface area contributed by atoms with Crippen molar-refractivity contribution < 1.29 is 4.52 Å². The van der Waals surface area contributed by atoms with Crippen molar-refractivity contribution in [3.8, 4) is 0 Å². The van der Waals surface area contributed by atoms with E-state index in [9.17, 15) is 0 Å². The van der Waals surface area contributed by atoms with Gasteiger partial charge >= 0.3 is 0 Å².